The SMILES string of the molecule is COc1cc(OC(F)(F)F)cc(-c2cc(C(=O)O)nn2-c2ccc(F)c(Cl)c2)c1. The van der Waals surface area contributed by atoms with E-state index in [9.17, 15) is 27.5 Å². The molecule has 0 radical (unpaired) electrons. The molecule has 3 aromatic rings. The monoisotopic (exact) mass is 430 g/mol. The van der Waals surface area contributed by atoms with Gasteiger partial charge >= 0.3 is 12.3 Å². The van der Waals surface area contributed by atoms with Gasteiger partial charge in [0.15, 0.2) is 5.69 Å². The van der Waals surface area contributed by atoms with E-state index in [4.69, 9.17) is 16.3 Å². The van der Waals surface area contributed by atoms with Crippen LogP contribution in [-0.4, -0.2) is 34.3 Å². The van der Waals surface area contributed by atoms with Gasteiger partial charge in [-0.3, -0.25) is 0 Å². The molecule has 3 rings (SSSR count). The Labute approximate surface area is 165 Å². The van der Waals surface area contributed by atoms with Crippen LogP contribution in [0.3, 0.4) is 0 Å². The number of methoxy groups -OCH3 is 1. The van der Waals surface area contributed by atoms with Crippen LogP contribution in [0.4, 0.5) is 17.6 Å². The number of carboxylic acids is 1. The first-order chi connectivity index (χ1) is 13.6. The fraction of sp³-hybridized carbons (Fsp3) is 0.111. The molecule has 6 nitrogen and oxygen atoms in total. The normalized spacial score (nSPS) is 11.4. The van der Waals surface area contributed by atoms with Gasteiger partial charge in [-0.05, 0) is 36.4 Å². The molecule has 29 heavy (non-hydrogen) atoms. The molecule has 1 aromatic heterocycles. The fourth-order valence-electron chi connectivity index (χ4n) is 2.53. The minimum atomic E-state index is -4.94. The second-order valence-electron chi connectivity index (χ2n) is 5.68. The molecule has 0 fully saturated rings. The third-order valence-corrected chi connectivity index (χ3v) is 4.01. The minimum absolute atomic E-state index is 0.0310. The highest BCUT2D eigenvalue weighted by atomic mass is 35.5. The van der Waals surface area contributed by atoms with Gasteiger partial charge in [-0.25, -0.2) is 13.9 Å². The maximum absolute atomic E-state index is 13.5. The first-order valence-electron chi connectivity index (χ1n) is 7.81. The molecule has 0 aliphatic rings. The first-order valence-corrected chi connectivity index (χ1v) is 8.19. The van der Waals surface area contributed by atoms with Crippen molar-refractivity contribution in [2.24, 2.45) is 0 Å². The quantitative estimate of drug-likeness (QED) is 0.581. The summed E-state index contributed by atoms with van der Waals surface area (Å²) in [5.74, 6) is -2.62. The van der Waals surface area contributed by atoms with E-state index < -0.39 is 23.9 Å². The number of ether oxygens (including phenoxy) is 2. The van der Waals surface area contributed by atoms with Gasteiger partial charge in [0.05, 0.1) is 23.5 Å². The Morgan fingerprint density at radius 2 is 1.83 bits per heavy atom. The molecular formula is C18H11ClF4N2O4. The van der Waals surface area contributed by atoms with Crippen LogP contribution in [0.5, 0.6) is 11.5 Å². The van der Waals surface area contributed by atoms with Gasteiger partial charge in [0.2, 0.25) is 0 Å². The van der Waals surface area contributed by atoms with Crippen molar-refractivity contribution < 1.29 is 36.9 Å². The van der Waals surface area contributed by atoms with Crippen molar-refractivity contribution in [3.63, 3.8) is 0 Å². The van der Waals surface area contributed by atoms with E-state index in [2.05, 4.69) is 9.84 Å². The number of nitrogens with zero attached hydrogens (tertiary/aromatic N) is 2. The lowest BCUT2D eigenvalue weighted by Gasteiger charge is -2.13. The second kappa shape index (κ2) is 7.63. The maximum atomic E-state index is 13.5. The molecule has 11 heteroatoms. The van der Waals surface area contributed by atoms with Crippen LogP contribution in [0.2, 0.25) is 5.02 Å². The molecule has 0 atom stereocenters. The smallest absolute Gasteiger partial charge is 0.497 e. The molecule has 0 amide bonds. The predicted octanol–water partition coefficient (Wildman–Crippen LogP) is 4.94. The predicted molar refractivity (Wildman–Crippen MR) is 94.2 cm³/mol. The zero-order valence-corrected chi connectivity index (χ0v) is 15.3. The number of aromatic carboxylic acids is 1. The number of aromatic nitrogens is 2. The van der Waals surface area contributed by atoms with Crippen molar-refractivity contribution in [2.45, 2.75) is 6.36 Å². The Kier molecular flexibility index (Phi) is 5.38. The summed E-state index contributed by atoms with van der Waals surface area (Å²) in [4.78, 5) is 11.4. The largest absolute Gasteiger partial charge is 0.573 e. The van der Waals surface area contributed by atoms with Crippen molar-refractivity contribution in [3.05, 3.63) is 59.0 Å². The topological polar surface area (TPSA) is 73.6 Å². The Morgan fingerprint density at radius 1 is 1.14 bits per heavy atom. The second-order valence-corrected chi connectivity index (χ2v) is 6.08. The van der Waals surface area contributed by atoms with Gasteiger partial charge in [-0.2, -0.15) is 5.10 Å². The average Bonchev–Trinajstić information content (AvgIpc) is 3.08. The number of benzene rings is 2. The number of carbonyl (C=O) groups is 1. The molecule has 0 aliphatic heterocycles. The van der Waals surface area contributed by atoms with E-state index in [0.717, 1.165) is 28.9 Å². The number of alkyl halides is 3. The number of hydrogen-bond donors (Lipinski definition) is 1. The third kappa shape index (κ3) is 4.60. The zero-order valence-electron chi connectivity index (χ0n) is 14.5. The standard InChI is InChI=1S/C18H11ClF4N2O4/c1-28-11-4-9(5-12(7-11)29-18(21,22)23)16-8-15(17(26)27)24-25(16)10-2-3-14(20)13(19)6-10/h2-8H,1H3,(H,26,27). The molecule has 0 saturated carbocycles. The molecule has 0 unspecified atom stereocenters. The Balaban J connectivity index is 2.20. The maximum Gasteiger partial charge on any atom is 0.573 e. The first kappa shape index (κ1) is 20.5. The van der Waals surface area contributed by atoms with Gasteiger partial charge in [0.25, 0.3) is 0 Å². The fourth-order valence-corrected chi connectivity index (χ4v) is 2.71. The number of rotatable bonds is 5. The molecule has 1 heterocycles. The highest BCUT2D eigenvalue weighted by molar-refractivity contribution is 6.30. The minimum Gasteiger partial charge on any atom is -0.497 e. The Hall–Kier alpha value is -3.27. The molecule has 2 aromatic carbocycles. The van der Waals surface area contributed by atoms with Gasteiger partial charge in [0, 0.05) is 11.6 Å². The number of hydrogen-bond acceptors (Lipinski definition) is 4. The van der Waals surface area contributed by atoms with Gasteiger partial charge in [-0.1, -0.05) is 11.6 Å². The van der Waals surface area contributed by atoms with Crippen molar-refractivity contribution in [1.82, 2.24) is 9.78 Å². The summed E-state index contributed by atoms with van der Waals surface area (Å²) in [6, 6.07) is 8.11. The third-order valence-electron chi connectivity index (χ3n) is 3.72. The van der Waals surface area contributed by atoms with E-state index in [-0.39, 0.29) is 33.4 Å². The van der Waals surface area contributed by atoms with Crippen LogP contribution in [0.15, 0.2) is 42.5 Å². The summed E-state index contributed by atoms with van der Waals surface area (Å²) in [5, 5.41) is 12.9. The highest BCUT2D eigenvalue weighted by Crippen LogP contribution is 2.34. The summed E-state index contributed by atoms with van der Waals surface area (Å²) in [6.07, 6.45) is -4.94. The van der Waals surface area contributed by atoms with Crippen LogP contribution in [-0.2, 0) is 0 Å². The van der Waals surface area contributed by atoms with E-state index in [1.54, 1.807) is 0 Å². The van der Waals surface area contributed by atoms with Crippen LogP contribution < -0.4 is 9.47 Å². The molecule has 152 valence electrons. The van der Waals surface area contributed by atoms with Gasteiger partial charge in [-0.15, -0.1) is 13.2 Å². The number of carboxylic acid groups (broad SMARTS) is 1. The van der Waals surface area contributed by atoms with Crippen molar-refractivity contribution in [2.75, 3.05) is 7.11 Å². The van der Waals surface area contributed by atoms with Crippen molar-refractivity contribution in [3.8, 4) is 28.4 Å². The van der Waals surface area contributed by atoms with E-state index >= 15 is 0 Å². The molecule has 0 spiro atoms. The van der Waals surface area contributed by atoms with Gasteiger partial charge in [0.1, 0.15) is 17.3 Å². The van der Waals surface area contributed by atoms with Gasteiger partial charge < -0.3 is 14.6 Å². The van der Waals surface area contributed by atoms with Crippen LogP contribution in [0, 0.1) is 5.82 Å². The number of halogens is 5. The molecule has 0 aliphatic carbocycles. The Morgan fingerprint density at radius 3 is 2.41 bits per heavy atom. The summed E-state index contributed by atoms with van der Waals surface area (Å²) in [7, 11) is 1.25. The molecular weight excluding hydrogens is 420 g/mol. The zero-order chi connectivity index (χ0) is 21.3. The molecule has 1 N–H and O–H groups in total. The summed E-state index contributed by atoms with van der Waals surface area (Å²) >= 11 is 5.78. The van der Waals surface area contributed by atoms with Crippen LogP contribution in [0.1, 0.15) is 10.5 Å². The van der Waals surface area contributed by atoms with Crippen molar-refractivity contribution in [1.29, 1.82) is 0 Å². The lowest BCUT2D eigenvalue weighted by atomic mass is 10.1. The summed E-state index contributed by atoms with van der Waals surface area (Å²) < 4.78 is 61.5. The highest BCUT2D eigenvalue weighted by Gasteiger charge is 2.31. The lowest BCUT2D eigenvalue weighted by Crippen LogP contribution is -2.17. The summed E-state index contributed by atoms with van der Waals surface area (Å²) in [6.45, 7) is 0. The van der Waals surface area contributed by atoms with E-state index in [1.807, 2.05) is 0 Å². The lowest BCUT2D eigenvalue weighted by molar-refractivity contribution is -0.274. The van der Waals surface area contributed by atoms with E-state index in [1.165, 1.54) is 25.3 Å². The Bertz CT molecular complexity index is 1080. The average molecular weight is 431 g/mol. The van der Waals surface area contributed by atoms with Crippen LogP contribution in [0.25, 0.3) is 16.9 Å². The molecule has 0 saturated heterocycles. The molecule has 0 bridgehead atoms. The van der Waals surface area contributed by atoms with Crippen molar-refractivity contribution >= 4 is 17.6 Å². The van der Waals surface area contributed by atoms with Crippen LogP contribution >= 0.6 is 11.6 Å². The van der Waals surface area contributed by atoms with E-state index in [0.29, 0.717) is 0 Å². The summed E-state index contributed by atoms with van der Waals surface area (Å²) in [5.41, 5.74) is 0.0154.